The lowest BCUT2D eigenvalue weighted by Gasteiger charge is -2.36. The maximum atomic E-state index is 12.8. The van der Waals surface area contributed by atoms with Crippen LogP contribution in [-0.2, 0) is 9.53 Å². The van der Waals surface area contributed by atoms with Gasteiger partial charge in [0.25, 0.3) is 0 Å². The van der Waals surface area contributed by atoms with E-state index in [0.717, 1.165) is 25.2 Å². The fourth-order valence-electron chi connectivity index (χ4n) is 6.65. The highest BCUT2D eigenvalue weighted by Gasteiger charge is 2.46. The molecule has 0 aromatic heterocycles. The molecular formula is C28H54O3. The fourth-order valence-corrected chi connectivity index (χ4v) is 6.65. The summed E-state index contributed by atoms with van der Waals surface area (Å²) in [6, 6.07) is 0. The molecule has 0 aliphatic heterocycles. The number of hydrogen-bond acceptors (Lipinski definition) is 3. The normalized spacial score (nSPS) is 29.4. The predicted octanol–water partition coefficient (Wildman–Crippen LogP) is 8.08. The third-order valence-electron chi connectivity index (χ3n) is 8.13. The molecule has 0 spiro atoms. The van der Waals surface area contributed by atoms with E-state index in [4.69, 9.17) is 4.74 Å². The first-order valence-electron chi connectivity index (χ1n) is 13.8. The van der Waals surface area contributed by atoms with Gasteiger partial charge in [-0.05, 0) is 88.4 Å². The van der Waals surface area contributed by atoms with E-state index < -0.39 is 5.60 Å². The lowest BCUT2D eigenvalue weighted by Crippen LogP contribution is -2.41. The number of ether oxygens (including phenoxy) is 1. The largest absolute Gasteiger partial charge is 0.459 e. The van der Waals surface area contributed by atoms with Gasteiger partial charge >= 0.3 is 5.97 Å². The van der Waals surface area contributed by atoms with Crippen molar-refractivity contribution < 1.29 is 14.6 Å². The van der Waals surface area contributed by atoms with Crippen LogP contribution >= 0.6 is 0 Å². The van der Waals surface area contributed by atoms with Gasteiger partial charge in [0.2, 0.25) is 0 Å². The summed E-state index contributed by atoms with van der Waals surface area (Å²) < 4.78 is 6.18. The Morgan fingerprint density at radius 1 is 0.935 bits per heavy atom. The molecule has 4 unspecified atom stereocenters. The maximum absolute atomic E-state index is 12.8. The second kappa shape index (κ2) is 13.9. The van der Waals surface area contributed by atoms with Gasteiger partial charge < -0.3 is 9.84 Å². The predicted molar refractivity (Wildman–Crippen MR) is 132 cm³/mol. The van der Waals surface area contributed by atoms with E-state index in [2.05, 4.69) is 13.8 Å². The zero-order chi connectivity index (χ0) is 23.5. The summed E-state index contributed by atoms with van der Waals surface area (Å²) >= 11 is 0. The molecule has 1 N–H and O–H groups in total. The van der Waals surface area contributed by atoms with E-state index in [0.29, 0.717) is 17.8 Å². The highest BCUT2D eigenvalue weighted by molar-refractivity contribution is 5.71. The quantitative estimate of drug-likeness (QED) is 0.390. The minimum atomic E-state index is -0.937. The van der Waals surface area contributed by atoms with Gasteiger partial charge in [0, 0.05) is 0 Å². The van der Waals surface area contributed by atoms with Crippen molar-refractivity contribution in [3.05, 3.63) is 0 Å². The average molecular weight is 439 g/mol. The van der Waals surface area contributed by atoms with Crippen LogP contribution in [0.15, 0.2) is 0 Å². The molecule has 3 fully saturated rings. The minimum Gasteiger partial charge on any atom is -0.459 e. The molecule has 3 aliphatic rings. The molecule has 3 saturated carbocycles. The second-order valence-corrected chi connectivity index (χ2v) is 10.3. The minimum absolute atomic E-state index is 0.158. The Bertz CT molecular complexity index is 486. The molecule has 3 aliphatic carbocycles. The molecule has 4 atom stereocenters. The van der Waals surface area contributed by atoms with Gasteiger partial charge in [-0.15, -0.1) is 0 Å². The molecule has 31 heavy (non-hydrogen) atoms. The Hall–Kier alpha value is -0.570. The van der Waals surface area contributed by atoms with Crippen molar-refractivity contribution >= 4 is 5.97 Å². The van der Waals surface area contributed by atoms with Gasteiger partial charge in [-0.3, -0.25) is 4.79 Å². The molecule has 0 amide bonds. The second-order valence-electron chi connectivity index (χ2n) is 10.3. The van der Waals surface area contributed by atoms with Crippen molar-refractivity contribution in [2.24, 2.45) is 23.7 Å². The molecule has 184 valence electrons. The van der Waals surface area contributed by atoms with Crippen LogP contribution in [0.3, 0.4) is 0 Å². The van der Waals surface area contributed by atoms with Crippen LogP contribution in [0.4, 0.5) is 0 Å². The van der Waals surface area contributed by atoms with E-state index in [9.17, 15) is 9.90 Å². The van der Waals surface area contributed by atoms with Gasteiger partial charge in [-0.25, -0.2) is 0 Å². The van der Waals surface area contributed by atoms with Crippen LogP contribution in [-0.4, -0.2) is 22.3 Å². The molecule has 3 rings (SSSR count). The van der Waals surface area contributed by atoms with E-state index in [1.165, 1.54) is 64.2 Å². The van der Waals surface area contributed by atoms with Crippen LogP contribution in [0.2, 0.25) is 0 Å². The van der Waals surface area contributed by atoms with Crippen molar-refractivity contribution in [1.29, 1.82) is 0 Å². The Kier molecular flexibility index (Phi) is 12.7. The molecule has 3 nitrogen and oxygen atoms in total. The fraction of sp³-hybridized carbons (Fsp3) is 0.964. The van der Waals surface area contributed by atoms with Gasteiger partial charge in [0.1, 0.15) is 5.60 Å². The molecule has 0 aromatic carbocycles. The zero-order valence-electron chi connectivity index (χ0n) is 22.0. The first-order valence-corrected chi connectivity index (χ1v) is 13.8. The van der Waals surface area contributed by atoms with E-state index >= 15 is 0 Å². The first kappa shape index (κ1) is 28.5. The molecule has 0 radical (unpaired) electrons. The van der Waals surface area contributed by atoms with E-state index in [-0.39, 0.29) is 18.0 Å². The Balaban J connectivity index is 0.00000113. The summed E-state index contributed by atoms with van der Waals surface area (Å²) in [7, 11) is 0. The van der Waals surface area contributed by atoms with Gasteiger partial charge in [-0.2, -0.15) is 0 Å². The highest BCUT2D eigenvalue weighted by atomic mass is 16.6. The van der Waals surface area contributed by atoms with Crippen LogP contribution in [0.5, 0.6) is 0 Å². The number of carbonyl (C=O) groups excluding carboxylic acids is 1. The Labute approximate surface area is 194 Å². The molecule has 0 saturated heterocycles. The van der Waals surface area contributed by atoms with Crippen LogP contribution < -0.4 is 0 Å². The Morgan fingerprint density at radius 2 is 1.48 bits per heavy atom. The van der Waals surface area contributed by atoms with Crippen molar-refractivity contribution in [2.45, 2.75) is 150 Å². The number of rotatable bonds is 8. The first-order chi connectivity index (χ1) is 14.9. The van der Waals surface area contributed by atoms with E-state index in [1.54, 1.807) is 0 Å². The Morgan fingerprint density at radius 3 is 2.00 bits per heavy atom. The van der Waals surface area contributed by atoms with E-state index in [1.807, 2.05) is 34.6 Å². The molecule has 0 aromatic rings. The smallest absolute Gasteiger partial charge is 0.309 e. The standard InChI is InChI=1S/C24H42O3.2C2H6/c1-4-18-14-19(5-2)20(15-18)16-23(3,26)17-22(25)27-24(12-8-9-13-24)21-10-6-7-11-21;2*1-2/h18-21,26H,4-17H2,1-3H3;2*1-2H3. The summed E-state index contributed by atoms with van der Waals surface area (Å²) in [5, 5.41) is 11.0. The maximum Gasteiger partial charge on any atom is 0.309 e. The molecule has 0 bridgehead atoms. The van der Waals surface area contributed by atoms with Crippen LogP contribution in [0, 0.1) is 23.7 Å². The SMILES string of the molecule is CC.CC.CCC1CC(CC)C(CC(C)(O)CC(=O)OC2(C3CCCC3)CCCC2)C1. The third-order valence-corrected chi connectivity index (χ3v) is 8.13. The van der Waals surface area contributed by atoms with Crippen LogP contribution in [0.1, 0.15) is 138 Å². The van der Waals surface area contributed by atoms with Crippen molar-refractivity contribution in [3.63, 3.8) is 0 Å². The molecule has 3 heteroatoms. The van der Waals surface area contributed by atoms with Gasteiger partial charge in [0.05, 0.1) is 12.0 Å². The van der Waals surface area contributed by atoms with Crippen molar-refractivity contribution in [1.82, 2.24) is 0 Å². The highest BCUT2D eigenvalue weighted by Crippen LogP contribution is 2.47. The third kappa shape index (κ3) is 8.06. The topological polar surface area (TPSA) is 46.5 Å². The monoisotopic (exact) mass is 438 g/mol. The van der Waals surface area contributed by atoms with Gasteiger partial charge in [0.15, 0.2) is 0 Å². The lowest BCUT2D eigenvalue weighted by atomic mass is 9.82. The van der Waals surface area contributed by atoms with Crippen LogP contribution in [0.25, 0.3) is 0 Å². The lowest BCUT2D eigenvalue weighted by molar-refractivity contribution is -0.171. The summed E-state index contributed by atoms with van der Waals surface area (Å²) in [6.45, 7) is 14.4. The summed E-state index contributed by atoms with van der Waals surface area (Å²) in [5.41, 5.74) is -1.15. The summed E-state index contributed by atoms with van der Waals surface area (Å²) in [4.78, 5) is 12.8. The molecular weight excluding hydrogens is 384 g/mol. The number of esters is 1. The number of hydrogen-bond donors (Lipinski definition) is 1. The summed E-state index contributed by atoms with van der Waals surface area (Å²) in [6.07, 6.45) is 15.2. The number of aliphatic hydroxyl groups is 1. The van der Waals surface area contributed by atoms with Gasteiger partial charge in [-0.1, -0.05) is 67.2 Å². The van der Waals surface area contributed by atoms with Crippen molar-refractivity contribution in [3.8, 4) is 0 Å². The average Bonchev–Trinajstić information content (AvgIpc) is 3.51. The zero-order valence-corrected chi connectivity index (χ0v) is 22.0. The summed E-state index contributed by atoms with van der Waals surface area (Å²) in [5.74, 6) is 2.45. The molecule has 0 heterocycles. The number of carbonyl (C=O) groups is 1. The van der Waals surface area contributed by atoms with Crippen molar-refractivity contribution in [2.75, 3.05) is 0 Å².